The maximum Gasteiger partial charge on any atom is 0.260 e. The van der Waals surface area contributed by atoms with Crippen LogP contribution in [0, 0.1) is 0 Å². The maximum absolute atomic E-state index is 11.7. The molecule has 0 aliphatic carbocycles. The summed E-state index contributed by atoms with van der Waals surface area (Å²) in [5, 5.41) is 6.04. The Morgan fingerprint density at radius 2 is 2.19 bits per heavy atom. The van der Waals surface area contributed by atoms with Crippen LogP contribution in [0.5, 0.6) is 0 Å². The highest BCUT2D eigenvalue weighted by Gasteiger charge is 2.12. The largest absolute Gasteiger partial charge is 0.351 e. The van der Waals surface area contributed by atoms with Gasteiger partial charge in [0.25, 0.3) is 5.91 Å². The molecule has 16 heavy (non-hydrogen) atoms. The van der Waals surface area contributed by atoms with Crippen molar-refractivity contribution in [3.8, 4) is 0 Å². The van der Waals surface area contributed by atoms with E-state index in [9.17, 15) is 4.79 Å². The predicted molar refractivity (Wildman–Crippen MR) is 72.1 cm³/mol. The van der Waals surface area contributed by atoms with Crippen LogP contribution in [0.4, 0.5) is 0 Å². The van der Waals surface area contributed by atoms with Crippen LogP contribution in [0.25, 0.3) is 0 Å². The first-order chi connectivity index (χ1) is 7.67. The first-order valence-electron chi connectivity index (χ1n) is 5.02. The third-order valence-electron chi connectivity index (χ3n) is 1.73. The molecule has 0 aliphatic rings. The molecule has 0 heterocycles. The normalized spacial score (nSPS) is 12.8. The van der Waals surface area contributed by atoms with Crippen molar-refractivity contribution in [1.82, 2.24) is 10.6 Å². The lowest BCUT2D eigenvalue weighted by molar-refractivity contribution is -0.116. The fourth-order valence-electron chi connectivity index (χ4n) is 0.990. The van der Waals surface area contributed by atoms with Crippen molar-refractivity contribution in [3.05, 3.63) is 10.1 Å². The van der Waals surface area contributed by atoms with Crippen molar-refractivity contribution in [3.63, 3.8) is 0 Å². The Bertz CT molecular complexity index is 279. The van der Waals surface area contributed by atoms with Crippen molar-refractivity contribution in [2.45, 2.75) is 13.3 Å². The minimum Gasteiger partial charge on any atom is -0.351 e. The third-order valence-corrected chi connectivity index (χ3v) is 2.91. The minimum absolute atomic E-state index is 0.167. The van der Waals surface area contributed by atoms with E-state index in [-0.39, 0.29) is 11.1 Å². The summed E-state index contributed by atoms with van der Waals surface area (Å²) in [7, 11) is 1.88. The summed E-state index contributed by atoms with van der Waals surface area (Å²) in [6.45, 7) is 3.26. The number of nitrogens with one attached hydrogen (secondary N) is 2. The van der Waals surface area contributed by atoms with Crippen molar-refractivity contribution >= 4 is 35.5 Å². The van der Waals surface area contributed by atoms with Crippen LogP contribution in [-0.4, -0.2) is 38.5 Å². The summed E-state index contributed by atoms with van der Waals surface area (Å²) in [6, 6.07) is 0. The van der Waals surface area contributed by atoms with Gasteiger partial charge in [0.2, 0.25) is 0 Å². The Morgan fingerprint density at radius 1 is 1.50 bits per heavy atom. The highest BCUT2D eigenvalue weighted by Crippen LogP contribution is 2.20. The van der Waals surface area contributed by atoms with E-state index in [2.05, 4.69) is 15.6 Å². The summed E-state index contributed by atoms with van der Waals surface area (Å²) < 4.78 is 0. The molecule has 0 bridgehead atoms. The van der Waals surface area contributed by atoms with Gasteiger partial charge in [-0.25, -0.2) is 4.99 Å². The smallest absolute Gasteiger partial charge is 0.260 e. The van der Waals surface area contributed by atoms with E-state index in [1.54, 1.807) is 19.4 Å². The van der Waals surface area contributed by atoms with Crippen LogP contribution in [0.1, 0.15) is 13.3 Å². The fourth-order valence-corrected chi connectivity index (χ4v) is 1.88. The molecule has 0 aliphatic heterocycles. The lowest BCUT2D eigenvalue weighted by atomic mass is 10.4. The molecule has 0 unspecified atom stereocenters. The zero-order chi connectivity index (χ0) is 12.4. The zero-order valence-electron chi connectivity index (χ0n) is 9.84. The molecule has 0 spiro atoms. The lowest BCUT2D eigenvalue weighted by Gasteiger charge is -2.07. The maximum atomic E-state index is 11.7. The van der Waals surface area contributed by atoms with Gasteiger partial charge in [-0.1, -0.05) is 11.6 Å². The Balaban J connectivity index is 4.27. The summed E-state index contributed by atoms with van der Waals surface area (Å²) in [5.74, 6) is -0.167. The number of amides is 1. The molecule has 0 saturated heterocycles. The number of thioether (sulfide) groups is 1. The van der Waals surface area contributed by atoms with E-state index >= 15 is 0 Å². The molecule has 0 atom stereocenters. The van der Waals surface area contributed by atoms with E-state index in [4.69, 9.17) is 11.6 Å². The van der Waals surface area contributed by atoms with Gasteiger partial charge in [0.1, 0.15) is 10.1 Å². The van der Waals surface area contributed by atoms with Crippen LogP contribution in [0.2, 0.25) is 0 Å². The van der Waals surface area contributed by atoms with Gasteiger partial charge in [0, 0.05) is 12.8 Å². The SMILES string of the molecule is C/C=N/C(Cl)=C(\SC)C(=O)NCCCNC. The molecule has 0 radical (unpaired) electrons. The predicted octanol–water partition coefficient (Wildman–Crippen LogP) is 1.57. The summed E-state index contributed by atoms with van der Waals surface area (Å²) in [4.78, 5) is 16.0. The quantitative estimate of drug-likeness (QED) is 0.317. The number of hydrogen-bond donors (Lipinski definition) is 2. The Kier molecular flexibility index (Phi) is 9.37. The summed E-state index contributed by atoms with van der Waals surface area (Å²) >= 11 is 7.17. The number of halogens is 1. The summed E-state index contributed by atoms with van der Waals surface area (Å²) in [6.07, 6.45) is 4.25. The van der Waals surface area contributed by atoms with Gasteiger partial charge >= 0.3 is 0 Å². The van der Waals surface area contributed by atoms with Gasteiger partial charge in [-0.15, -0.1) is 11.8 Å². The second kappa shape index (κ2) is 9.69. The second-order valence-corrected chi connectivity index (χ2v) is 4.10. The van der Waals surface area contributed by atoms with Crippen molar-refractivity contribution < 1.29 is 4.79 Å². The molecule has 4 nitrogen and oxygen atoms in total. The molecule has 0 aromatic heterocycles. The molecule has 92 valence electrons. The number of carbonyl (C=O) groups excluding carboxylic acids is 1. The average molecular weight is 264 g/mol. The fraction of sp³-hybridized carbons (Fsp3) is 0.600. The van der Waals surface area contributed by atoms with Gasteiger partial charge < -0.3 is 10.6 Å². The first-order valence-corrected chi connectivity index (χ1v) is 6.62. The van der Waals surface area contributed by atoms with Gasteiger partial charge in [0.15, 0.2) is 0 Å². The van der Waals surface area contributed by atoms with Gasteiger partial charge in [0.05, 0.1) is 0 Å². The third kappa shape index (κ3) is 6.15. The number of hydrogen-bond acceptors (Lipinski definition) is 4. The molecule has 0 aromatic rings. The monoisotopic (exact) mass is 263 g/mol. The van der Waals surface area contributed by atoms with Crippen LogP contribution in [0.15, 0.2) is 15.1 Å². The van der Waals surface area contributed by atoms with E-state index < -0.39 is 0 Å². The second-order valence-electron chi connectivity index (χ2n) is 2.92. The van der Waals surface area contributed by atoms with Crippen LogP contribution in [-0.2, 0) is 4.79 Å². The van der Waals surface area contributed by atoms with Crippen molar-refractivity contribution in [2.75, 3.05) is 26.4 Å². The van der Waals surface area contributed by atoms with E-state index in [1.165, 1.54) is 11.8 Å². The zero-order valence-corrected chi connectivity index (χ0v) is 11.4. The number of aliphatic imine (C=N–C) groups is 1. The molecule has 0 saturated carbocycles. The lowest BCUT2D eigenvalue weighted by Crippen LogP contribution is -2.27. The topological polar surface area (TPSA) is 53.5 Å². The van der Waals surface area contributed by atoms with E-state index in [0.29, 0.717) is 11.4 Å². The molecular weight excluding hydrogens is 246 g/mol. The number of carbonyl (C=O) groups is 1. The Labute approximate surface area is 106 Å². The molecule has 2 N–H and O–H groups in total. The molecule has 6 heteroatoms. The Morgan fingerprint density at radius 3 is 2.69 bits per heavy atom. The number of rotatable bonds is 7. The molecule has 0 aromatic carbocycles. The van der Waals surface area contributed by atoms with Crippen molar-refractivity contribution in [2.24, 2.45) is 4.99 Å². The first kappa shape index (κ1) is 15.5. The number of nitrogens with zero attached hydrogens (tertiary/aromatic N) is 1. The van der Waals surface area contributed by atoms with Crippen LogP contribution in [0.3, 0.4) is 0 Å². The minimum atomic E-state index is -0.167. The van der Waals surface area contributed by atoms with E-state index in [0.717, 1.165) is 13.0 Å². The van der Waals surface area contributed by atoms with Gasteiger partial charge in [-0.3, -0.25) is 4.79 Å². The summed E-state index contributed by atoms with van der Waals surface area (Å²) in [5.41, 5.74) is 0. The average Bonchev–Trinajstić information content (AvgIpc) is 2.26. The molecule has 0 fully saturated rings. The van der Waals surface area contributed by atoms with E-state index in [1.807, 2.05) is 7.05 Å². The van der Waals surface area contributed by atoms with Crippen LogP contribution >= 0.6 is 23.4 Å². The molecule has 0 rings (SSSR count). The molecule has 1 amide bonds. The standard InChI is InChI=1S/C10H18ClN3OS/c1-4-13-9(11)8(16-3)10(15)14-7-5-6-12-2/h4,12H,5-7H2,1-3H3,(H,14,15)/b9-8-,13-4+. The van der Waals surface area contributed by atoms with Gasteiger partial charge in [-0.2, -0.15) is 0 Å². The van der Waals surface area contributed by atoms with Crippen molar-refractivity contribution in [1.29, 1.82) is 0 Å². The highest BCUT2D eigenvalue weighted by atomic mass is 35.5. The molecular formula is C10H18ClN3OS. The highest BCUT2D eigenvalue weighted by molar-refractivity contribution is 8.03. The van der Waals surface area contributed by atoms with Crippen LogP contribution < -0.4 is 10.6 Å². The van der Waals surface area contributed by atoms with Gasteiger partial charge in [-0.05, 0) is 33.2 Å². The Hall–Kier alpha value is -0.520.